The maximum absolute atomic E-state index is 13.3. The number of amides is 2. The second kappa shape index (κ2) is 12.0. The van der Waals surface area contributed by atoms with Crippen LogP contribution in [0.2, 0.25) is 0 Å². The van der Waals surface area contributed by atoms with Crippen molar-refractivity contribution in [2.75, 3.05) is 46.3 Å². The van der Waals surface area contributed by atoms with Crippen LogP contribution in [0.4, 0.5) is 5.69 Å². The SMILES string of the molecule is COc1ccccc1CN1C[C@H](C)[C@H](OC)CN(C)C(=O)c2ccc(NC(C)=O)cc2OC[C@@H]1C. The van der Waals surface area contributed by atoms with Gasteiger partial charge in [-0.2, -0.15) is 0 Å². The summed E-state index contributed by atoms with van der Waals surface area (Å²) in [5, 5.41) is 2.77. The van der Waals surface area contributed by atoms with Crippen LogP contribution in [0.3, 0.4) is 0 Å². The summed E-state index contributed by atoms with van der Waals surface area (Å²) < 4.78 is 17.6. The number of methoxy groups -OCH3 is 2. The molecule has 0 bridgehead atoms. The molecule has 1 aliphatic rings. The first kappa shape index (κ1) is 26.5. The highest BCUT2D eigenvalue weighted by atomic mass is 16.5. The number of rotatable bonds is 5. The van der Waals surface area contributed by atoms with Crippen LogP contribution in [-0.2, 0) is 16.1 Å². The first-order valence-corrected chi connectivity index (χ1v) is 11.9. The maximum Gasteiger partial charge on any atom is 0.257 e. The Balaban J connectivity index is 1.97. The zero-order valence-electron chi connectivity index (χ0n) is 21.5. The van der Waals surface area contributed by atoms with E-state index in [1.807, 2.05) is 18.2 Å². The number of nitrogens with zero attached hydrogens (tertiary/aromatic N) is 2. The van der Waals surface area contributed by atoms with Crippen molar-refractivity contribution in [3.63, 3.8) is 0 Å². The molecule has 190 valence electrons. The van der Waals surface area contributed by atoms with E-state index in [2.05, 4.69) is 30.1 Å². The number of carbonyl (C=O) groups is 2. The number of benzene rings is 2. The summed E-state index contributed by atoms with van der Waals surface area (Å²) in [6, 6.07) is 13.2. The van der Waals surface area contributed by atoms with Crippen LogP contribution in [-0.4, -0.2) is 74.7 Å². The van der Waals surface area contributed by atoms with E-state index in [9.17, 15) is 9.59 Å². The Morgan fingerprint density at radius 2 is 1.89 bits per heavy atom. The smallest absolute Gasteiger partial charge is 0.257 e. The van der Waals surface area contributed by atoms with Crippen molar-refractivity contribution >= 4 is 17.5 Å². The van der Waals surface area contributed by atoms with E-state index in [-0.39, 0.29) is 29.9 Å². The van der Waals surface area contributed by atoms with Crippen LogP contribution in [0, 0.1) is 5.92 Å². The van der Waals surface area contributed by atoms with Crippen LogP contribution in [0.5, 0.6) is 11.5 Å². The fraction of sp³-hybridized carbons (Fsp3) is 0.481. The van der Waals surface area contributed by atoms with Gasteiger partial charge < -0.3 is 24.4 Å². The van der Waals surface area contributed by atoms with Crippen molar-refractivity contribution in [1.82, 2.24) is 9.80 Å². The average molecular weight is 484 g/mol. The second-order valence-corrected chi connectivity index (χ2v) is 9.23. The van der Waals surface area contributed by atoms with Crippen molar-refractivity contribution in [3.05, 3.63) is 53.6 Å². The van der Waals surface area contributed by atoms with Crippen molar-refractivity contribution in [1.29, 1.82) is 0 Å². The minimum Gasteiger partial charge on any atom is -0.496 e. The summed E-state index contributed by atoms with van der Waals surface area (Å²) in [6.07, 6.45) is -0.140. The lowest BCUT2D eigenvalue weighted by atomic mass is 10.0. The summed E-state index contributed by atoms with van der Waals surface area (Å²) >= 11 is 0. The molecule has 0 spiro atoms. The Bertz CT molecular complexity index is 1030. The molecular formula is C27H37N3O5. The van der Waals surface area contributed by atoms with Crippen LogP contribution in [0.15, 0.2) is 42.5 Å². The van der Waals surface area contributed by atoms with E-state index in [0.717, 1.165) is 17.9 Å². The van der Waals surface area contributed by atoms with Gasteiger partial charge in [-0.25, -0.2) is 0 Å². The van der Waals surface area contributed by atoms with Gasteiger partial charge in [0.05, 0.1) is 18.8 Å². The van der Waals surface area contributed by atoms with Gasteiger partial charge in [0, 0.05) is 64.1 Å². The summed E-state index contributed by atoms with van der Waals surface area (Å²) in [6.45, 7) is 7.96. The van der Waals surface area contributed by atoms with Crippen molar-refractivity contribution in [3.8, 4) is 11.5 Å². The lowest BCUT2D eigenvalue weighted by Crippen LogP contribution is -2.46. The quantitative estimate of drug-likeness (QED) is 0.699. The summed E-state index contributed by atoms with van der Waals surface area (Å²) in [7, 11) is 5.14. The third-order valence-corrected chi connectivity index (χ3v) is 6.46. The highest BCUT2D eigenvalue weighted by Gasteiger charge is 2.28. The first-order chi connectivity index (χ1) is 16.7. The van der Waals surface area contributed by atoms with Crippen molar-refractivity contribution in [2.45, 2.75) is 39.5 Å². The van der Waals surface area contributed by atoms with E-state index < -0.39 is 0 Å². The number of nitrogens with one attached hydrogen (secondary N) is 1. The molecule has 8 heteroatoms. The molecule has 0 fully saturated rings. The van der Waals surface area contributed by atoms with Gasteiger partial charge in [0.25, 0.3) is 5.91 Å². The molecule has 3 rings (SSSR count). The molecule has 0 saturated heterocycles. The number of fused-ring (bicyclic) bond motifs is 1. The molecule has 0 saturated carbocycles. The fourth-order valence-corrected chi connectivity index (χ4v) is 4.40. The number of hydrogen-bond donors (Lipinski definition) is 1. The van der Waals surface area contributed by atoms with Gasteiger partial charge in [0.15, 0.2) is 0 Å². The van der Waals surface area contributed by atoms with Gasteiger partial charge in [0.2, 0.25) is 5.91 Å². The predicted octanol–water partition coefficient (Wildman–Crippen LogP) is 3.66. The number of likely N-dealkylation sites (N-methyl/N-ethyl adjacent to an activating group) is 1. The normalized spacial score (nSPS) is 21.8. The van der Waals surface area contributed by atoms with Gasteiger partial charge in [-0.05, 0) is 31.0 Å². The van der Waals surface area contributed by atoms with Crippen molar-refractivity contribution < 1.29 is 23.8 Å². The van der Waals surface area contributed by atoms with Crippen molar-refractivity contribution in [2.24, 2.45) is 5.92 Å². The van der Waals surface area contributed by atoms with Gasteiger partial charge in [-0.1, -0.05) is 25.1 Å². The molecule has 3 atom stereocenters. The average Bonchev–Trinajstić information content (AvgIpc) is 2.84. The molecule has 0 radical (unpaired) electrons. The second-order valence-electron chi connectivity index (χ2n) is 9.23. The molecule has 0 aromatic heterocycles. The Morgan fingerprint density at radius 3 is 2.57 bits per heavy atom. The number of para-hydroxylation sites is 1. The van der Waals surface area contributed by atoms with E-state index in [4.69, 9.17) is 14.2 Å². The molecule has 2 aromatic carbocycles. The summed E-state index contributed by atoms with van der Waals surface area (Å²) in [4.78, 5) is 28.9. The Kier molecular flexibility index (Phi) is 9.12. The Hall–Kier alpha value is -3.10. The first-order valence-electron chi connectivity index (χ1n) is 11.9. The minimum absolute atomic E-state index is 0.0319. The molecule has 0 unspecified atom stereocenters. The van der Waals surface area contributed by atoms with Gasteiger partial charge in [-0.3, -0.25) is 14.5 Å². The number of anilines is 1. The highest BCUT2D eigenvalue weighted by molar-refractivity contribution is 5.98. The van der Waals surface area contributed by atoms with E-state index >= 15 is 0 Å². The maximum atomic E-state index is 13.3. The van der Waals surface area contributed by atoms with Crippen LogP contribution >= 0.6 is 0 Å². The molecular weight excluding hydrogens is 446 g/mol. The molecule has 0 aliphatic carbocycles. The van der Waals surface area contributed by atoms with Gasteiger partial charge in [-0.15, -0.1) is 0 Å². The molecule has 2 aromatic rings. The number of carbonyl (C=O) groups excluding carboxylic acids is 2. The molecule has 2 amide bonds. The third-order valence-electron chi connectivity index (χ3n) is 6.46. The summed E-state index contributed by atoms with van der Waals surface area (Å²) in [5.74, 6) is 1.11. The van der Waals surface area contributed by atoms with E-state index in [1.54, 1.807) is 44.4 Å². The van der Waals surface area contributed by atoms with E-state index in [1.165, 1.54) is 6.92 Å². The Morgan fingerprint density at radius 1 is 1.14 bits per heavy atom. The molecule has 8 nitrogen and oxygen atoms in total. The highest BCUT2D eigenvalue weighted by Crippen LogP contribution is 2.28. The standard InChI is InChI=1S/C27H37N3O5/c1-18-14-30(15-21-9-7-8-10-24(21)33-5)19(2)17-35-25-13-22(28-20(3)31)11-12-23(25)27(32)29(4)16-26(18)34-6/h7-13,18-19,26H,14-17H2,1-6H3,(H,28,31)/t18-,19-,26+/m0/s1. The largest absolute Gasteiger partial charge is 0.496 e. The summed E-state index contributed by atoms with van der Waals surface area (Å²) in [5.41, 5.74) is 2.13. The third kappa shape index (κ3) is 6.74. The zero-order valence-corrected chi connectivity index (χ0v) is 21.5. The minimum atomic E-state index is -0.185. The lowest BCUT2D eigenvalue weighted by Gasteiger charge is -2.36. The van der Waals surface area contributed by atoms with Crippen LogP contribution in [0.1, 0.15) is 36.7 Å². The molecule has 1 heterocycles. The van der Waals surface area contributed by atoms with Gasteiger partial charge >= 0.3 is 0 Å². The number of hydrogen-bond acceptors (Lipinski definition) is 6. The van der Waals surface area contributed by atoms with Gasteiger partial charge in [0.1, 0.15) is 18.1 Å². The monoisotopic (exact) mass is 483 g/mol. The van der Waals surface area contributed by atoms with Crippen LogP contribution < -0.4 is 14.8 Å². The zero-order chi connectivity index (χ0) is 25.5. The van der Waals surface area contributed by atoms with Crippen LogP contribution in [0.25, 0.3) is 0 Å². The molecule has 1 N–H and O–H groups in total. The Labute approximate surface area is 208 Å². The number of ether oxygens (including phenoxy) is 3. The lowest BCUT2D eigenvalue weighted by molar-refractivity contribution is -0.114. The topological polar surface area (TPSA) is 80.3 Å². The molecule has 35 heavy (non-hydrogen) atoms. The molecule has 1 aliphatic heterocycles. The predicted molar refractivity (Wildman–Crippen MR) is 136 cm³/mol. The van der Waals surface area contributed by atoms with E-state index in [0.29, 0.717) is 36.7 Å². The fourth-order valence-electron chi connectivity index (χ4n) is 4.40.